The highest BCUT2D eigenvalue weighted by Crippen LogP contribution is 2.29. The molecular weight excluding hydrogens is 372 g/mol. The molecule has 1 aliphatic carbocycles. The highest BCUT2D eigenvalue weighted by Gasteiger charge is 2.14. The molecule has 2 aromatic carbocycles. The van der Waals surface area contributed by atoms with E-state index < -0.39 is 0 Å². The van der Waals surface area contributed by atoms with Crippen LogP contribution in [-0.2, 0) is 13.1 Å². The molecule has 4 heteroatoms. The minimum atomic E-state index is 0.344. The van der Waals surface area contributed by atoms with Crippen LogP contribution < -0.4 is 11.1 Å². The van der Waals surface area contributed by atoms with Crippen LogP contribution in [0.25, 0.3) is 0 Å². The lowest BCUT2D eigenvalue weighted by Crippen LogP contribution is -2.30. The summed E-state index contributed by atoms with van der Waals surface area (Å²) >= 11 is 0. The number of rotatable bonds is 6. The van der Waals surface area contributed by atoms with Gasteiger partial charge in [0.25, 0.3) is 0 Å². The van der Waals surface area contributed by atoms with E-state index >= 15 is 0 Å². The van der Waals surface area contributed by atoms with E-state index in [1.807, 2.05) is 36.4 Å². The van der Waals surface area contributed by atoms with Gasteiger partial charge in [0.05, 0.1) is 0 Å². The first kappa shape index (κ1) is 24.2. The molecule has 0 aliphatic heterocycles. The maximum absolute atomic E-state index is 10.2. The van der Waals surface area contributed by atoms with Crippen molar-refractivity contribution in [1.82, 2.24) is 5.32 Å². The number of benzene rings is 2. The molecule has 166 valence electrons. The molecule has 30 heavy (non-hydrogen) atoms. The van der Waals surface area contributed by atoms with Crippen LogP contribution in [0.4, 0.5) is 0 Å². The monoisotopic (exact) mass is 412 g/mol. The second kappa shape index (κ2) is 12.0. The molecule has 5 N–H and O–H groups in total. The lowest BCUT2D eigenvalue weighted by atomic mass is 9.95. The fraction of sp³-hybridized carbons (Fsp3) is 0.538. The van der Waals surface area contributed by atoms with Gasteiger partial charge >= 0.3 is 0 Å². The van der Waals surface area contributed by atoms with Gasteiger partial charge in [-0.1, -0.05) is 83.4 Å². The average Bonchev–Trinajstić information content (AvgIpc) is 2.74. The fourth-order valence-electron chi connectivity index (χ4n) is 4.02. The SMILES string of the molecule is CC(C)c1cccc(CN)c1O.CC(C)c1cccc(CNC2CCCCC2)c1O. The maximum Gasteiger partial charge on any atom is 0.123 e. The van der Waals surface area contributed by atoms with Crippen LogP contribution in [-0.4, -0.2) is 16.3 Å². The molecule has 0 amide bonds. The van der Waals surface area contributed by atoms with E-state index in [4.69, 9.17) is 5.73 Å². The molecule has 0 saturated heterocycles. The van der Waals surface area contributed by atoms with Crippen molar-refractivity contribution in [2.45, 2.75) is 90.8 Å². The van der Waals surface area contributed by atoms with Gasteiger partial charge in [-0.3, -0.25) is 0 Å². The van der Waals surface area contributed by atoms with Crippen LogP contribution in [0.5, 0.6) is 11.5 Å². The van der Waals surface area contributed by atoms with E-state index in [9.17, 15) is 10.2 Å². The van der Waals surface area contributed by atoms with Crippen molar-refractivity contribution >= 4 is 0 Å². The maximum atomic E-state index is 10.2. The summed E-state index contributed by atoms with van der Waals surface area (Å²) in [4.78, 5) is 0. The second-order valence-corrected chi connectivity index (χ2v) is 8.94. The van der Waals surface area contributed by atoms with Crippen molar-refractivity contribution in [3.63, 3.8) is 0 Å². The van der Waals surface area contributed by atoms with Crippen molar-refractivity contribution in [3.05, 3.63) is 58.7 Å². The van der Waals surface area contributed by atoms with Gasteiger partial charge in [0.15, 0.2) is 0 Å². The Kier molecular flexibility index (Phi) is 9.67. The van der Waals surface area contributed by atoms with Gasteiger partial charge in [0.1, 0.15) is 11.5 Å². The summed E-state index contributed by atoms with van der Waals surface area (Å²) in [5.41, 5.74) is 9.34. The summed E-state index contributed by atoms with van der Waals surface area (Å²) in [5.74, 6) is 1.56. The van der Waals surface area contributed by atoms with Gasteiger partial charge < -0.3 is 21.3 Å². The summed E-state index contributed by atoms with van der Waals surface area (Å²) in [6, 6.07) is 12.4. The molecule has 0 heterocycles. The molecular formula is C26H40N2O2. The predicted molar refractivity (Wildman–Crippen MR) is 126 cm³/mol. The zero-order valence-corrected chi connectivity index (χ0v) is 19.1. The Bertz CT molecular complexity index is 781. The average molecular weight is 413 g/mol. The standard InChI is InChI=1S/C16H25NO.C10H15NO/c1-12(2)15-10-6-7-13(16(15)18)11-17-14-8-4-3-5-9-14;1-7(2)9-5-3-4-8(6-11)10(9)12/h6-7,10,12,14,17-18H,3-5,8-9,11H2,1-2H3;3-5,7,12H,6,11H2,1-2H3. The molecule has 0 unspecified atom stereocenters. The van der Waals surface area contributed by atoms with Crippen LogP contribution in [0.15, 0.2) is 36.4 Å². The van der Waals surface area contributed by atoms with E-state index in [0.29, 0.717) is 35.9 Å². The molecule has 0 aromatic heterocycles. The number of nitrogens with one attached hydrogen (secondary N) is 1. The molecule has 1 saturated carbocycles. The van der Waals surface area contributed by atoms with Gasteiger partial charge in [0, 0.05) is 30.3 Å². The summed E-state index contributed by atoms with van der Waals surface area (Å²) in [6.45, 7) is 9.52. The van der Waals surface area contributed by atoms with Crippen molar-refractivity contribution < 1.29 is 10.2 Å². The van der Waals surface area contributed by atoms with Gasteiger partial charge in [-0.25, -0.2) is 0 Å². The largest absolute Gasteiger partial charge is 0.507 e. The second-order valence-electron chi connectivity index (χ2n) is 8.94. The quantitative estimate of drug-likeness (QED) is 0.475. The van der Waals surface area contributed by atoms with E-state index in [1.165, 1.54) is 32.1 Å². The lowest BCUT2D eigenvalue weighted by molar-refractivity contribution is 0.368. The van der Waals surface area contributed by atoms with Crippen molar-refractivity contribution in [3.8, 4) is 11.5 Å². The molecule has 0 atom stereocenters. The third-order valence-corrected chi connectivity index (χ3v) is 5.95. The number of para-hydroxylation sites is 2. The molecule has 3 rings (SSSR count). The van der Waals surface area contributed by atoms with Crippen LogP contribution in [0.2, 0.25) is 0 Å². The van der Waals surface area contributed by atoms with Crippen molar-refractivity contribution in [2.24, 2.45) is 5.73 Å². The highest BCUT2D eigenvalue weighted by molar-refractivity contribution is 5.42. The van der Waals surface area contributed by atoms with Gasteiger partial charge in [-0.05, 0) is 35.8 Å². The summed E-state index contributed by atoms with van der Waals surface area (Å²) in [7, 11) is 0. The third-order valence-electron chi connectivity index (χ3n) is 5.95. The first-order chi connectivity index (χ1) is 14.3. The minimum absolute atomic E-state index is 0.344. The van der Waals surface area contributed by atoms with Crippen molar-refractivity contribution in [1.29, 1.82) is 0 Å². The van der Waals surface area contributed by atoms with E-state index in [-0.39, 0.29) is 0 Å². The van der Waals surface area contributed by atoms with E-state index in [2.05, 4.69) is 33.0 Å². The molecule has 1 aliphatic rings. The van der Waals surface area contributed by atoms with Gasteiger partial charge in [-0.15, -0.1) is 0 Å². The first-order valence-electron chi connectivity index (χ1n) is 11.4. The molecule has 2 aromatic rings. The molecule has 4 nitrogen and oxygen atoms in total. The Labute approximate surface area is 182 Å². The number of aromatic hydroxyl groups is 2. The van der Waals surface area contributed by atoms with Crippen LogP contribution in [0, 0.1) is 0 Å². The normalized spacial score (nSPS) is 14.6. The smallest absolute Gasteiger partial charge is 0.123 e. The number of hydrogen-bond donors (Lipinski definition) is 4. The molecule has 0 spiro atoms. The Morgan fingerprint density at radius 3 is 1.83 bits per heavy atom. The van der Waals surface area contributed by atoms with Crippen LogP contribution >= 0.6 is 0 Å². The summed E-state index contributed by atoms with van der Waals surface area (Å²) < 4.78 is 0. The van der Waals surface area contributed by atoms with Gasteiger partial charge in [0.2, 0.25) is 0 Å². The Morgan fingerprint density at radius 2 is 1.33 bits per heavy atom. The summed E-state index contributed by atoms with van der Waals surface area (Å²) in [5, 5.41) is 23.5. The van der Waals surface area contributed by atoms with Gasteiger partial charge in [-0.2, -0.15) is 0 Å². The summed E-state index contributed by atoms with van der Waals surface area (Å²) in [6.07, 6.45) is 6.63. The van der Waals surface area contributed by atoms with Crippen LogP contribution in [0.3, 0.4) is 0 Å². The van der Waals surface area contributed by atoms with E-state index in [1.54, 1.807) is 0 Å². The van der Waals surface area contributed by atoms with E-state index in [0.717, 1.165) is 28.8 Å². The number of nitrogens with two attached hydrogens (primary N) is 1. The zero-order chi connectivity index (χ0) is 22.1. The van der Waals surface area contributed by atoms with Crippen molar-refractivity contribution in [2.75, 3.05) is 0 Å². The van der Waals surface area contributed by atoms with Crippen LogP contribution in [0.1, 0.15) is 93.9 Å². The fourth-order valence-corrected chi connectivity index (χ4v) is 4.02. The predicted octanol–water partition coefficient (Wildman–Crippen LogP) is 5.91. The molecule has 0 radical (unpaired) electrons. The Hall–Kier alpha value is -2.04. The number of phenols is 2. The third kappa shape index (κ3) is 6.75. The zero-order valence-electron chi connectivity index (χ0n) is 19.1. The topological polar surface area (TPSA) is 78.5 Å². The minimum Gasteiger partial charge on any atom is -0.507 e. The first-order valence-corrected chi connectivity index (χ1v) is 11.4. The molecule has 1 fully saturated rings. The lowest BCUT2D eigenvalue weighted by Gasteiger charge is -2.23. The molecule has 0 bridgehead atoms. The number of phenolic OH excluding ortho intramolecular Hbond substituents is 2. The Morgan fingerprint density at radius 1 is 0.833 bits per heavy atom. The Balaban J connectivity index is 0.000000232. The highest BCUT2D eigenvalue weighted by atomic mass is 16.3. The number of hydrogen-bond acceptors (Lipinski definition) is 4.